The van der Waals surface area contributed by atoms with Crippen molar-refractivity contribution in [3.05, 3.63) is 17.5 Å². The van der Waals surface area contributed by atoms with Crippen LogP contribution in [0.2, 0.25) is 0 Å². The molecule has 1 aromatic rings. The number of nitrogens with one attached hydrogen (secondary N) is 1. The van der Waals surface area contributed by atoms with Crippen molar-refractivity contribution in [2.45, 2.75) is 71.6 Å². The second kappa shape index (κ2) is 5.73. The van der Waals surface area contributed by atoms with Crippen molar-refractivity contribution in [2.75, 3.05) is 13.1 Å². The average Bonchev–Trinajstić information content (AvgIpc) is 3.19. The molecule has 1 aromatic heterocycles. The highest BCUT2D eigenvalue weighted by atomic mass is 15.3. The Morgan fingerprint density at radius 1 is 1.33 bits per heavy atom. The van der Waals surface area contributed by atoms with Gasteiger partial charge in [0.15, 0.2) is 0 Å². The summed E-state index contributed by atoms with van der Waals surface area (Å²) in [6, 6.07) is 3.02. The van der Waals surface area contributed by atoms with Gasteiger partial charge in [-0.2, -0.15) is 5.10 Å². The molecule has 0 spiro atoms. The first kappa shape index (κ1) is 15.0. The molecule has 1 N–H and O–H groups in total. The van der Waals surface area contributed by atoms with Gasteiger partial charge in [0.1, 0.15) is 0 Å². The van der Waals surface area contributed by atoms with Crippen LogP contribution in [0.4, 0.5) is 0 Å². The van der Waals surface area contributed by atoms with E-state index in [1.807, 2.05) is 0 Å². The highest BCUT2D eigenvalue weighted by Gasteiger charge is 2.41. The third-order valence-electron chi connectivity index (χ3n) is 4.96. The van der Waals surface area contributed by atoms with E-state index in [0.29, 0.717) is 6.04 Å². The molecule has 0 radical (unpaired) electrons. The van der Waals surface area contributed by atoms with Crippen molar-refractivity contribution in [1.29, 1.82) is 0 Å². The van der Waals surface area contributed by atoms with Crippen molar-refractivity contribution >= 4 is 0 Å². The maximum absolute atomic E-state index is 4.71. The van der Waals surface area contributed by atoms with E-state index in [1.54, 1.807) is 0 Å². The predicted molar refractivity (Wildman–Crippen MR) is 86.3 cm³/mol. The van der Waals surface area contributed by atoms with Gasteiger partial charge in [-0.25, -0.2) is 0 Å². The van der Waals surface area contributed by atoms with Crippen molar-refractivity contribution in [3.8, 4) is 0 Å². The van der Waals surface area contributed by atoms with Gasteiger partial charge in [-0.1, -0.05) is 6.92 Å². The molecule has 4 nitrogen and oxygen atoms in total. The van der Waals surface area contributed by atoms with Crippen LogP contribution in [0.3, 0.4) is 0 Å². The topological polar surface area (TPSA) is 33.1 Å². The number of piperazine rings is 1. The van der Waals surface area contributed by atoms with Crippen molar-refractivity contribution in [3.63, 3.8) is 0 Å². The fourth-order valence-corrected chi connectivity index (χ4v) is 3.61. The zero-order valence-electron chi connectivity index (χ0n) is 14.0. The van der Waals surface area contributed by atoms with Gasteiger partial charge < -0.3 is 5.32 Å². The van der Waals surface area contributed by atoms with E-state index in [-0.39, 0.29) is 5.54 Å². The molecule has 1 aliphatic carbocycles. The van der Waals surface area contributed by atoms with Crippen LogP contribution in [0.5, 0.6) is 0 Å². The normalized spacial score (nSPS) is 26.2. The maximum atomic E-state index is 4.71. The Bertz CT molecular complexity index is 487. The molecular formula is C17H30N4. The summed E-state index contributed by atoms with van der Waals surface area (Å²) in [5.74, 6) is 0.914. The minimum absolute atomic E-state index is 0.218. The summed E-state index contributed by atoms with van der Waals surface area (Å²) in [4.78, 5) is 2.71. The standard InChI is InChI=1S/C17H30N4/c1-5-14-9-15(21(6-2)19-14)11-20-12-17(3,4)18-10-16(20)13-7-8-13/h9,13,16,18H,5-8,10-12H2,1-4H3. The molecule has 2 heterocycles. The summed E-state index contributed by atoms with van der Waals surface area (Å²) in [6.07, 6.45) is 3.85. The Morgan fingerprint density at radius 3 is 2.71 bits per heavy atom. The molecule has 1 unspecified atom stereocenters. The van der Waals surface area contributed by atoms with Gasteiger partial charge in [0, 0.05) is 37.8 Å². The molecule has 2 aliphatic rings. The zero-order chi connectivity index (χ0) is 15.0. The third kappa shape index (κ3) is 3.32. The molecule has 1 aliphatic heterocycles. The Kier molecular flexibility index (Phi) is 4.10. The van der Waals surface area contributed by atoms with Crippen molar-refractivity contribution in [1.82, 2.24) is 20.0 Å². The van der Waals surface area contributed by atoms with Crippen LogP contribution < -0.4 is 5.32 Å². The van der Waals surface area contributed by atoms with Gasteiger partial charge in [-0.3, -0.25) is 9.58 Å². The monoisotopic (exact) mass is 290 g/mol. The predicted octanol–water partition coefficient (Wildman–Crippen LogP) is 2.43. The highest BCUT2D eigenvalue weighted by molar-refractivity contribution is 5.12. The minimum Gasteiger partial charge on any atom is -0.309 e. The lowest BCUT2D eigenvalue weighted by Gasteiger charge is -2.45. The van der Waals surface area contributed by atoms with Crippen LogP contribution in [0.25, 0.3) is 0 Å². The highest BCUT2D eigenvalue weighted by Crippen LogP contribution is 2.37. The molecule has 2 fully saturated rings. The lowest BCUT2D eigenvalue weighted by atomic mass is 9.96. The SMILES string of the molecule is CCc1cc(CN2CC(C)(C)NCC2C2CC2)n(CC)n1. The largest absolute Gasteiger partial charge is 0.309 e. The van der Waals surface area contributed by atoms with Gasteiger partial charge >= 0.3 is 0 Å². The number of aromatic nitrogens is 2. The summed E-state index contributed by atoms with van der Waals surface area (Å²) in [7, 11) is 0. The third-order valence-corrected chi connectivity index (χ3v) is 4.96. The first-order valence-corrected chi connectivity index (χ1v) is 8.57. The van der Waals surface area contributed by atoms with Crippen molar-refractivity contribution < 1.29 is 0 Å². The number of aryl methyl sites for hydroxylation is 2. The van der Waals surface area contributed by atoms with Gasteiger partial charge in [0.25, 0.3) is 0 Å². The van der Waals surface area contributed by atoms with Crippen LogP contribution in [0.1, 0.15) is 51.9 Å². The Hall–Kier alpha value is -0.870. The lowest BCUT2D eigenvalue weighted by Crippen LogP contribution is -2.61. The quantitative estimate of drug-likeness (QED) is 0.904. The molecule has 0 aromatic carbocycles. The molecule has 21 heavy (non-hydrogen) atoms. The summed E-state index contributed by atoms with van der Waals surface area (Å²) in [5.41, 5.74) is 2.83. The van der Waals surface area contributed by atoms with Crippen molar-refractivity contribution in [2.24, 2.45) is 5.92 Å². The second-order valence-corrected chi connectivity index (χ2v) is 7.37. The van der Waals surface area contributed by atoms with Gasteiger partial charge in [0.2, 0.25) is 0 Å². The van der Waals surface area contributed by atoms with Crippen LogP contribution in [-0.4, -0.2) is 39.4 Å². The second-order valence-electron chi connectivity index (χ2n) is 7.37. The summed E-state index contributed by atoms with van der Waals surface area (Å²) in [6.45, 7) is 13.3. The first-order valence-electron chi connectivity index (χ1n) is 8.57. The number of hydrogen-bond acceptors (Lipinski definition) is 3. The number of rotatable bonds is 5. The first-order chi connectivity index (χ1) is 10.0. The van der Waals surface area contributed by atoms with Crippen LogP contribution >= 0.6 is 0 Å². The molecule has 0 bridgehead atoms. The number of hydrogen-bond donors (Lipinski definition) is 1. The van der Waals surface area contributed by atoms with E-state index >= 15 is 0 Å². The summed E-state index contributed by atoms with van der Waals surface area (Å²) in [5, 5.41) is 8.44. The van der Waals surface area contributed by atoms with Crippen LogP contribution in [0, 0.1) is 5.92 Å². The zero-order valence-corrected chi connectivity index (χ0v) is 14.0. The van der Waals surface area contributed by atoms with E-state index in [4.69, 9.17) is 5.10 Å². The molecule has 118 valence electrons. The minimum atomic E-state index is 0.218. The Labute approximate surface area is 128 Å². The Morgan fingerprint density at radius 2 is 2.10 bits per heavy atom. The average molecular weight is 290 g/mol. The fraction of sp³-hybridized carbons (Fsp3) is 0.824. The molecular weight excluding hydrogens is 260 g/mol. The van der Waals surface area contributed by atoms with E-state index in [9.17, 15) is 0 Å². The molecule has 1 saturated carbocycles. The summed E-state index contributed by atoms with van der Waals surface area (Å²) < 4.78 is 2.19. The van der Waals surface area contributed by atoms with E-state index in [0.717, 1.165) is 38.5 Å². The van der Waals surface area contributed by atoms with Crippen LogP contribution in [0.15, 0.2) is 6.07 Å². The molecule has 1 atom stereocenters. The maximum Gasteiger partial charge on any atom is 0.0625 e. The van der Waals surface area contributed by atoms with E-state index in [1.165, 1.54) is 24.2 Å². The molecule has 1 saturated heterocycles. The van der Waals surface area contributed by atoms with Gasteiger partial charge in [0.05, 0.1) is 11.4 Å². The molecule has 4 heteroatoms. The van der Waals surface area contributed by atoms with Crippen LogP contribution in [-0.2, 0) is 19.5 Å². The summed E-state index contributed by atoms with van der Waals surface area (Å²) >= 11 is 0. The van der Waals surface area contributed by atoms with E-state index < -0.39 is 0 Å². The lowest BCUT2D eigenvalue weighted by molar-refractivity contribution is 0.0735. The molecule has 0 amide bonds. The fourth-order valence-electron chi connectivity index (χ4n) is 3.61. The smallest absolute Gasteiger partial charge is 0.0625 e. The van der Waals surface area contributed by atoms with E-state index in [2.05, 4.69) is 48.7 Å². The molecule has 3 rings (SSSR count). The Balaban J connectivity index is 1.78. The van der Waals surface area contributed by atoms with Gasteiger partial charge in [-0.05, 0) is 52.0 Å². The van der Waals surface area contributed by atoms with Gasteiger partial charge in [-0.15, -0.1) is 0 Å². The number of nitrogens with zero attached hydrogens (tertiary/aromatic N) is 3.